The van der Waals surface area contributed by atoms with Crippen LogP contribution in [-0.4, -0.2) is 4.57 Å². The quantitative estimate of drug-likeness (QED) is 0.162. The third-order valence-corrected chi connectivity index (χ3v) is 15.0. The molecule has 2 heteroatoms. The highest BCUT2D eigenvalue weighted by atomic mass is 15.2. The van der Waals surface area contributed by atoms with Crippen LogP contribution in [0.5, 0.6) is 0 Å². The van der Waals surface area contributed by atoms with Gasteiger partial charge in [0.05, 0.1) is 33.8 Å². The van der Waals surface area contributed by atoms with E-state index in [1.54, 1.807) is 0 Å². The Labute approximate surface area is 386 Å². The van der Waals surface area contributed by atoms with Gasteiger partial charge in [0, 0.05) is 43.7 Å². The fraction of sp³-hybridized carbons (Fsp3) is 0.0938. The summed E-state index contributed by atoms with van der Waals surface area (Å²) >= 11 is 0. The van der Waals surface area contributed by atoms with E-state index >= 15 is 0 Å². The number of fused-ring (bicyclic) bond motifs is 10. The molecule has 314 valence electrons. The van der Waals surface area contributed by atoms with E-state index in [1.165, 1.54) is 111 Å². The maximum atomic E-state index is 2.57. The van der Waals surface area contributed by atoms with Crippen molar-refractivity contribution in [1.82, 2.24) is 4.57 Å². The van der Waals surface area contributed by atoms with Crippen molar-refractivity contribution >= 4 is 49.6 Å². The Bertz CT molecular complexity index is 3730. The van der Waals surface area contributed by atoms with Crippen LogP contribution >= 0.6 is 0 Å². The number of aromatic nitrogens is 1. The van der Waals surface area contributed by atoms with E-state index < -0.39 is 0 Å². The molecule has 2 aliphatic carbocycles. The van der Waals surface area contributed by atoms with E-state index in [4.69, 9.17) is 0 Å². The molecule has 13 rings (SSSR count). The predicted molar refractivity (Wildman–Crippen MR) is 279 cm³/mol. The van der Waals surface area contributed by atoms with Crippen molar-refractivity contribution in [2.24, 2.45) is 0 Å². The summed E-state index contributed by atoms with van der Waals surface area (Å²) in [7, 11) is 0. The minimum atomic E-state index is -0.158. The van der Waals surface area contributed by atoms with Crippen molar-refractivity contribution in [3.63, 3.8) is 0 Å². The second-order valence-corrected chi connectivity index (χ2v) is 19.3. The lowest BCUT2D eigenvalue weighted by Gasteiger charge is -2.32. The number of hydrogen-bond donors (Lipinski definition) is 0. The van der Waals surface area contributed by atoms with Gasteiger partial charge in [0.1, 0.15) is 0 Å². The van der Waals surface area contributed by atoms with Gasteiger partial charge >= 0.3 is 0 Å². The van der Waals surface area contributed by atoms with Crippen LogP contribution in [-0.2, 0) is 10.8 Å². The van der Waals surface area contributed by atoms with Crippen molar-refractivity contribution in [1.29, 1.82) is 0 Å². The third-order valence-electron chi connectivity index (χ3n) is 15.0. The Kier molecular flexibility index (Phi) is 8.33. The van der Waals surface area contributed by atoms with Gasteiger partial charge in [0.2, 0.25) is 0 Å². The molecule has 10 aromatic carbocycles. The van der Waals surface area contributed by atoms with Crippen LogP contribution in [0.2, 0.25) is 0 Å². The summed E-state index contributed by atoms with van der Waals surface area (Å²) in [5.74, 6) is 0. The first kappa shape index (κ1) is 38.5. The Morgan fingerprint density at radius 2 is 0.818 bits per heavy atom. The van der Waals surface area contributed by atoms with Gasteiger partial charge in [-0.2, -0.15) is 0 Å². The molecule has 0 amide bonds. The number of nitrogens with zero attached hydrogens (tertiary/aromatic N) is 2. The summed E-state index contributed by atoms with van der Waals surface area (Å²) in [4.78, 5) is 2.57. The second kappa shape index (κ2) is 14.3. The standard InChI is InChI=1S/C64H48N2/c1-63(2)53-27-12-6-25-50(53)62-54(63)28-18-34-61(62)66(57-30-14-8-21-45(57)43-37-38-47-46-22-5-11-26-52(46)64(3,4)55(47)40-43)56-29-13-7-20-44(56)42-36-35-41-19-17-33-60(51(41)39-42)65-58-31-15-9-23-48(58)49-24-10-16-32-59(49)65/h5-40H,1-4H3. The molecule has 0 N–H and O–H groups in total. The number of benzene rings is 10. The molecule has 2 nitrogen and oxygen atoms in total. The highest BCUT2D eigenvalue weighted by Crippen LogP contribution is 2.56. The fourth-order valence-corrected chi connectivity index (χ4v) is 11.8. The van der Waals surface area contributed by atoms with Crippen LogP contribution < -0.4 is 4.90 Å². The highest BCUT2D eigenvalue weighted by Gasteiger charge is 2.39. The third kappa shape index (κ3) is 5.48. The summed E-state index contributed by atoms with van der Waals surface area (Å²) in [6, 6.07) is 81.5. The SMILES string of the molecule is CC1(C)c2ccccc2-c2ccc(-c3ccccc3N(c3ccccc3-c3ccc4cccc(-n5c6ccccc6c6ccccc65)c4c3)c3cccc4c3-c3ccccc3C4(C)C)cc21. The fourth-order valence-electron chi connectivity index (χ4n) is 11.8. The second-order valence-electron chi connectivity index (χ2n) is 19.3. The Morgan fingerprint density at radius 3 is 1.52 bits per heavy atom. The zero-order chi connectivity index (χ0) is 44.3. The summed E-state index contributed by atoms with van der Waals surface area (Å²) in [5.41, 5.74) is 22.2. The molecular formula is C64H48N2. The van der Waals surface area contributed by atoms with Crippen LogP contribution in [0.1, 0.15) is 49.9 Å². The minimum absolute atomic E-state index is 0.118. The average molecular weight is 845 g/mol. The highest BCUT2D eigenvalue weighted by molar-refractivity contribution is 6.11. The molecule has 66 heavy (non-hydrogen) atoms. The van der Waals surface area contributed by atoms with Gasteiger partial charge in [-0.3, -0.25) is 0 Å². The topological polar surface area (TPSA) is 8.17 Å². The van der Waals surface area contributed by atoms with Crippen LogP contribution in [0.3, 0.4) is 0 Å². The first-order valence-corrected chi connectivity index (χ1v) is 23.3. The molecule has 1 heterocycles. The lowest BCUT2D eigenvalue weighted by atomic mass is 9.81. The summed E-state index contributed by atoms with van der Waals surface area (Å²) < 4.78 is 2.45. The van der Waals surface area contributed by atoms with Crippen LogP contribution in [0.15, 0.2) is 218 Å². The Balaban J connectivity index is 1.06. The molecule has 0 saturated heterocycles. The van der Waals surface area contributed by atoms with E-state index in [1.807, 2.05) is 0 Å². The van der Waals surface area contributed by atoms with Crippen molar-refractivity contribution in [3.8, 4) is 50.2 Å². The molecular weight excluding hydrogens is 797 g/mol. The van der Waals surface area contributed by atoms with Gasteiger partial charge in [0.25, 0.3) is 0 Å². The molecule has 11 aromatic rings. The molecule has 2 aliphatic rings. The van der Waals surface area contributed by atoms with Crippen LogP contribution in [0.4, 0.5) is 17.1 Å². The van der Waals surface area contributed by atoms with E-state index in [0.29, 0.717) is 0 Å². The Morgan fingerprint density at radius 1 is 0.333 bits per heavy atom. The molecule has 1 aromatic heterocycles. The first-order valence-electron chi connectivity index (χ1n) is 23.3. The normalized spacial score (nSPS) is 14.0. The smallest absolute Gasteiger partial charge is 0.0543 e. The van der Waals surface area contributed by atoms with Crippen LogP contribution in [0, 0.1) is 0 Å². The van der Waals surface area contributed by atoms with Crippen molar-refractivity contribution in [3.05, 3.63) is 241 Å². The van der Waals surface area contributed by atoms with Crippen molar-refractivity contribution in [2.45, 2.75) is 38.5 Å². The summed E-state index contributed by atoms with van der Waals surface area (Å²) in [6.07, 6.45) is 0. The van der Waals surface area contributed by atoms with Gasteiger partial charge in [0.15, 0.2) is 0 Å². The molecule has 0 radical (unpaired) electrons. The Hall–Kier alpha value is -7.94. The van der Waals surface area contributed by atoms with Gasteiger partial charge in [-0.15, -0.1) is 0 Å². The molecule has 0 bridgehead atoms. The average Bonchev–Trinajstić information content (AvgIpc) is 3.91. The molecule has 0 saturated carbocycles. The maximum Gasteiger partial charge on any atom is 0.0543 e. The van der Waals surface area contributed by atoms with E-state index in [9.17, 15) is 0 Å². The summed E-state index contributed by atoms with van der Waals surface area (Å²) in [6.45, 7) is 9.50. The van der Waals surface area contributed by atoms with Gasteiger partial charge < -0.3 is 9.47 Å². The van der Waals surface area contributed by atoms with E-state index in [2.05, 4.69) is 256 Å². The van der Waals surface area contributed by atoms with Crippen LogP contribution in [0.25, 0.3) is 82.8 Å². The largest absolute Gasteiger partial charge is 0.309 e. The molecule has 0 aliphatic heterocycles. The number of hydrogen-bond acceptors (Lipinski definition) is 1. The number of anilines is 3. The van der Waals surface area contributed by atoms with Gasteiger partial charge in [-0.05, 0) is 104 Å². The monoisotopic (exact) mass is 844 g/mol. The van der Waals surface area contributed by atoms with Gasteiger partial charge in [-0.25, -0.2) is 0 Å². The molecule has 0 spiro atoms. The predicted octanol–water partition coefficient (Wildman–Crippen LogP) is 17.4. The number of rotatable bonds is 6. The molecule has 0 unspecified atom stereocenters. The summed E-state index contributed by atoms with van der Waals surface area (Å²) in [5, 5.41) is 4.94. The minimum Gasteiger partial charge on any atom is -0.309 e. The lowest BCUT2D eigenvalue weighted by molar-refractivity contribution is 0.660. The van der Waals surface area contributed by atoms with E-state index in [0.717, 1.165) is 11.4 Å². The first-order chi connectivity index (χ1) is 32.3. The maximum absolute atomic E-state index is 2.57. The molecule has 0 fully saturated rings. The van der Waals surface area contributed by atoms with Crippen molar-refractivity contribution in [2.75, 3.05) is 4.90 Å². The zero-order valence-electron chi connectivity index (χ0n) is 37.7. The lowest BCUT2D eigenvalue weighted by Crippen LogP contribution is -2.17. The zero-order valence-corrected chi connectivity index (χ0v) is 37.7. The van der Waals surface area contributed by atoms with Gasteiger partial charge in [-0.1, -0.05) is 198 Å². The van der Waals surface area contributed by atoms with Crippen molar-refractivity contribution < 1.29 is 0 Å². The number of para-hydroxylation sites is 4. The molecule has 0 atom stereocenters. The van der Waals surface area contributed by atoms with E-state index in [-0.39, 0.29) is 10.8 Å².